The summed E-state index contributed by atoms with van der Waals surface area (Å²) in [5.74, 6) is 1.77. The summed E-state index contributed by atoms with van der Waals surface area (Å²) in [5, 5.41) is 0. The molecule has 0 amide bonds. The van der Waals surface area contributed by atoms with Crippen molar-refractivity contribution in [3.8, 4) is 11.5 Å². The first-order valence-electron chi connectivity index (χ1n) is 11.7. The highest BCUT2D eigenvalue weighted by atomic mass is 79.9. The van der Waals surface area contributed by atoms with Crippen LogP contribution in [-0.2, 0) is 0 Å². The predicted molar refractivity (Wildman–Crippen MR) is 155 cm³/mol. The van der Waals surface area contributed by atoms with Crippen molar-refractivity contribution in [2.24, 2.45) is 0 Å². The van der Waals surface area contributed by atoms with Crippen LogP contribution < -0.4 is 24.2 Å². The van der Waals surface area contributed by atoms with E-state index in [1.165, 1.54) is 33.4 Å². The van der Waals surface area contributed by atoms with E-state index < -0.39 is 0 Å². The summed E-state index contributed by atoms with van der Waals surface area (Å²) < 4.78 is 12.1. The summed E-state index contributed by atoms with van der Waals surface area (Å²) in [7, 11) is 13.9. The lowest BCUT2D eigenvalue weighted by atomic mass is 9.75. The van der Waals surface area contributed by atoms with Gasteiger partial charge in [0.05, 0.1) is 25.6 Å². The Morgan fingerprint density at radius 2 is 1.06 bits per heavy atom. The molecular formula is C29H38BrN3O2. The average molecular weight is 541 g/mol. The number of fused-ring (bicyclic) bond motifs is 2. The molecule has 0 fully saturated rings. The van der Waals surface area contributed by atoms with E-state index in [0.717, 1.165) is 34.2 Å². The number of halogens is 1. The first-order chi connectivity index (χ1) is 16.1. The van der Waals surface area contributed by atoms with Gasteiger partial charge in [-0.3, -0.25) is 0 Å². The number of hydrogen-bond acceptors (Lipinski definition) is 5. The molecule has 35 heavy (non-hydrogen) atoms. The molecule has 6 heteroatoms. The minimum atomic E-state index is -0.0147. The quantitative estimate of drug-likeness (QED) is 0.364. The van der Waals surface area contributed by atoms with Gasteiger partial charge in [0, 0.05) is 75.8 Å². The van der Waals surface area contributed by atoms with E-state index in [2.05, 4.69) is 107 Å². The molecule has 0 radical (unpaired) electrons. The minimum Gasteiger partial charge on any atom is -0.496 e. The Balaban J connectivity index is 0.00000342. The fraction of sp³-hybridized carbons (Fsp3) is 0.379. The zero-order valence-electron chi connectivity index (χ0n) is 22.6. The minimum absolute atomic E-state index is 0. The molecule has 0 saturated carbocycles. The fourth-order valence-electron chi connectivity index (χ4n) is 5.39. The van der Waals surface area contributed by atoms with Gasteiger partial charge in [-0.05, 0) is 49.6 Å². The van der Waals surface area contributed by atoms with Gasteiger partial charge >= 0.3 is 0 Å². The van der Waals surface area contributed by atoms with Crippen molar-refractivity contribution in [3.05, 3.63) is 69.8 Å². The number of benzene rings is 3. The molecule has 5 nitrogen and oxygen atoms in total. The third kappa shape index (κ3) is 4.44. The average Bonchev–Trinajstić information content (AvgIpc) is 2.78. The second-order valence-corrected chi connectivity index (χ2v) is 9.75. The first kappa shape index (κ1) is 26.7. The smallest absolute Gasteiger partial charge is 0.127 e. The first-order valence-corrected chi connectivity index (χ1v) is 11.7. The molecule has 3 aromatic rings. The molecule has 1 heterocycles. The predicted octanol–water partition coefficient (Wildman–Crippen LogP) is 6.60. The van der Waals surface area contributed by atoms with Crippen molar-refractivity contribution in [1.82, 2.24) is 0 Å². The van der Waals surface area contributed by atoms with Crippen LogP contribution in [0.15, 0.2) is 36.4 Å². The lowest BCUT2D eigenvalue weighted by Crippen LogP contribution is -2.26. The van der Waals surface area contributed by atoms with Crippen LogP contribution in [0.4, 0.5) is 22.7 Å². The molecule has 0 saturated heterocycles. The van der Waals surface area contributed by atoms with Crippen molar-refractivity contribution in [2.45, 2.75) is 26.7 Å². The Morgan fingerprint density at radius 1 is 0.657 bits per heavy atom. The Labute approximate surface area is 221 Å². The van der Waals surface area contributed by atoms with Crippen LogP contribution in [0.3, 0.4) is 0 Å². The maximum absolute atomic E-state index is 6.06. The molecule has 0 atom stereocenters. The molecule has 3 aromatic carbocycles. The number of methoxy groups -OCH3 is 2. The molecule has 0 unspecified atom stereocenters. The summed E-state index contributed by atoms with van der Waals surface area (Å²) in [4.78, 5) is 6.53. The lowest BCUT2D eigenvalue weighted by molar-refractivity contribution is 0.402. The van der Waals surface area contributed by atoms with Crippen LogP contribution in [-0.4, -0.2) is 49.5 Å². The maximum Gasteiger partial charge on any atom is 0.127 e. The van der Waals surface area contributed by atoms with Gasteiger partial charge in [-0.2, -0.15) is 0 Å². The lowest BCUT2D eigenvalue weighted by Gasteiger charge is -2.39. The van der Waals surface area contributed by atoms with Crippen LogP contribution in [0.1, 0.15) is 39.3 Å². The molecule has 0 bridgehead atoms. The highest BCUT2D eigenvalue weighted by Crippen LogP contribution is 2.56. The Hall–Kier alpha value is -2.86. The summed E-state index contributed by atoms with van der Waals surface area (Å²) in [6, 6.07) is 13.4. The number of nitrogens with zero attached hydrogens (tertiary/aromatic N) is 3. The zero-order valence-corrected chi connectivity index (χ0v) is 24.3. The van der Waals surface area contributed by atoms with E-state index in [9.17, 15) is 0 Å². The number of aryl methyl sites for hydroxylation is 3. The fourth-order valence-corrected chi connectivity index (χ4v) is 5.39. The van der Waals surface area contributed by atoms with Crippen molar-refractivity contribution in [3.63, 3.8) is 0 Å². The van der Waals surface area contributed by atoms with Crippen LogP contribution in [0.5, 0.6) is 11.5 Å². The SMILES string of the molecule is Br.COc1cc(N(C)C)cc2c1C(c1c(C)cc(C)cc1C)c1c(OC)cc(N(C)C)cc1N2C. The third-order valence-electron chi connectivity index (χ3n) is 7.01. The van der Waals surface area contributed by atoms with Crippen molar-refractivity contribution in [1.29, 1.82) is 0 Å². The van der Waals surface area contributed by atoms with Crippen LogP contribution in [0.2, 0.25) is 0 Å². The van der Waals surface area contributed by atoms with Gasteiger partial charge in [0.15, 0.2) is 0 Å². The van der Waals surface area contributed by atoms with E-state index in [-0.39, 0.29) is 22.9 Å². The highest BCUT2D eigenvalue weighted by molar-refractivity contribution is 8.93. The van der Waals surface area contributed by atoms with Crippen molar-refractivity contribution >= 4 is 39.7 Å². The molecule has 188 valence electrons. The number of anilines is 4. The van der Waals surface area contributed by atoms with Crippen LogP contribution >= 0.6 is 17.0 Å². The van der Waals surface area contributed by atoms with E-state index >= 15 is 0 Å². The van der Waals surface area contributed by atoms with Crippen molar-refractivity contribution in [2.75, 3.05) is 64.2 Å². The standard InChI is InChI=1S/C29H37N3O2.BrH/c1-17-11-18(2)26(19(3)12-17)29-27-22(13-20(30(4)5)15-24(27)33-9)32(8)23-14-21(31(6)7)16-25(34-10)28(23)29;/h11-16,29H,1-10H3;1H. The summed E-state index contributed by atoms with van der Waals surface area (Å²) in [6.07, 6.45) is 0. The van der Waals surface area contributed by atoms with Crippen LogP contribution in [0.25, 0.3) is 0 Å². The molecular weight excluding hydrogens is 502 g/mol. The van der Waals surface area contributed by atoms with Gasteiger partial charge in [-0.25, -0.2) is 0 Å². The number of ether oxygens (including phenoxy) is 2. The number of rotatable bonds is 5. The summed E-state index contributed by atoms with van der Waals surface area (Å²) >= 11 is 0. The van der Waals surface area contributed by atoms with Crippen molar-refractivity contribution < 1.29 is 9.47 Å². The molecule has 0 spiro atoms. The van der Waals surface area contributed by atoms with Gasteiger partial charge in [0.25, 0.3) is 0 Å². The van der Waals surface area contributed by atoms with Gasteiger partial charge < -0.3 is 24.2 Å². The summed E-state index contributed by atoms with van der Waals surface area (Å²) in [5.41, 5.74) is 12.0. The van der Waals surface area contributed by atoms with Crippen LogP contribution in [0, 0.1) is 20.8 Å². The van der Waals surface area contributed by atoms with Gasteiger partial charge in [0.1, 0.15) is 11.5 Å². The second kappa shape index (κ2) is 10.0. The van der Waals surface area contributed by atoms with Gasteiger partial charge in [-0.1, -0.05) is 17.7 Å². The Kier molecular flexibility index (Phi) is 7.65. The topological polar surface area (TPSA) is 28.2 Å². The van der Waals surface area contributed by atoms with E-state index in [1.807, 2.05) is 0 Å². The third-order valence-corrected chi connectivity index (χ3v) is 7.01. The molecule has 1 aliphatic rings. The molecule has 0 aliphatic carbocycles. The van der Waals surface area contributed by atoms with Gasteiger partial charge in [-0.15, -0.1) is 17.0 Å². The molecule has 4 rings (SSSR count). The van der Waals surface area contributed by atoms with E-state index in [1.54, 1.807) is 14.2 Å². The normalized spacial score (nSPS) is 12.5. The Morgan fingerprint density at radius 3 is 1.40 bits per heavy atom. The molecule has 0 aromatic heterocycles. The zero-order chi connectivity index (χ0) is 24.9. The second-order valence-electron chi connectivity index (χ2n) is 9.75. The van der Waals surface area contributed by atoms with Gasteiger partial charge in [0.2, 0.25) is 0 Å². The van der Waals surface area contributed by atoms with E-state index in [0.29, 0.717) is 0 Å². The monoisotopic (exact) mass is 539 g/mol. The summed E-state index contributed by atoms with van der Waals surface area (Å²) in [6.45, 7) is 6.59. The molecule has 0 N–H and O–H groups in total. The molecule has 1 aliphatic heterocycles. The number of hydrogen-bond donors (Lipinski definition) is 0. The highest BCUT2D eigenvalue weighted by Gasteiger charge is 2.37. The largest absolute Gasteiger partial charge is 0.496 e. The Bertz CT molecular complexity index is 1160. The van der Waals surface area contributed by atoms with E-state index in [4.69, 9.17) is 9.47 Å². The maximum atomic E-state index is 6.06.